The molecule has 0 unspecified atom stereocenters. The molecule has 0 heterocycles. The van der Waals surface area contributed by atoms with Crippen LogP contribution >= 0.6 is 11.6 Å². The van der Waals surface area contributed by atoms with Crippen LogP contribution in [0.5, 0.6) is 11.5 Å². The van der Waals surface area contributed by atoms with Gasteiger partial charge in [-0.1, -0.05) is 23.8 Å². The van der Waals surface area contributed by atoms with Crippen LogP contribution in [0, 0.1) is 10.1 Å². The quantitative estimate of drug-likeness (QED) is 0.272. The van der Waals surface area contributed by atoms with E-state index in [1.54, 1.807) is 0 Å². The van der Waals surface area contributed by atoms with Gasteiger partial charge in [0.25, 0.3) is 5.69 Å². The number of hydrogen-bond acceptors (Lipinski definition) is 4. The lowest BCUT2D eigenvalue weighted by molar-refractivity contribution is -0.385. The summed E-state index contributed by atoms with van der Waals surface area (Å²) in [6.07, 6.45) is -1.83. The average Bonchev–Trinajstić information content (AvgIpc) is 2.68. The highest BCUT2D eigenvalue weighted by Crippen LogP contribution is 2.37. The molecule has 0 aliphatic rings. The van der Waals surface area contributed by atoms with Gasteiger partial charge in [-0.3, -0.25) is 14.9 Å². The zero-order valence-corrected chi connectivity index (χ0v) is 16.9. The lowest BCUT2D eigenvalue weighted by Crippen LogP contribution is -2.32. The molecule has 10 heteroatoms. The highest BCUT2D eigenvalue weighted by molar-refractivity contribution is 6.32. The highest BCUT2D eigenvalue weighted by Gasteiger charge is 2.31. The number of alkyl halides is 3. The maximum absolute atomic E-state index is 12.8. The van der Waals surface area contributed by atoms with Crippen molar-refractivity contribution in [2.75, 3.05) is 13.1 Å². The van der Waals surface area contributed by atoms with E-state index in [-0.39, 0.29) is 47.3 Å². The standard InChI is InChI=1S/C21H18ClF3N2O4/c1-3-9-26(10-4-2)20(28)12-14-11-16(6-7-18(14)27(29)30)31-19-8-5-15(13-17(19)22)21(23,24)25/h3-8,11,13H,1-2,9-10,12H2. The minimum atomic E-state index is -4.56. The third-order valence-electron chi connectivity index (χ3n) is 4.13. The molecule has 0 bridgehead atoms. The van der Waals surface area contributed by atoms with Gasteiger partial charge >= 0.3 is 6.18 Å². The number of benzene rings is 2. The van der Waals surface area contributed by atoms with Crippen LogP contribution in [0.4, 0.5) is 18.9 Å². The first-order valence-corrected chi connectivity index (χ1v) is 9.26. The van der Waals surface area contributed by atoms with E-state index in [0.717, 1.165) is 24.3 Å². The van der Waals surface area contributed by atoms with Crippen molar-refractivity contribution >= 4 is 23.2 Å². The third-order valence-corrected chi connectivity index (χ3v) is 4.42. The number of ether oxygens (including phenoxy) is 1. The number of amides is 1. The first kappa shape index (κ1) is 23.9. The molecule has 1 amide bonds. The lowest BCUT2D eigenvalue weighted by Gasteiger charge is -2.19. The second-order valence-corrected chi connectivity index (χ2v) is 6.75. The van der Waals surface area contributed by atoms with E-state index in [9.17, 15) is 28.1 Å². The molecule has 0 aliphatic carbocycles. The van der Waals surface area contributed by atoms with Crippen LogP contribution in [-0.4, -0.2) is 28.8 Å². The second kappa shape index (κ2) is 10.1. The molecule has 0 spiro atoms. The van der Waals surface area contributed by atoms with E-state index in [1.807, 2.05) is 0 Å². The number of nitro benzene ring substituents is 1. The maximum Gasteiger partial charge on any atom is 0.416 e. The molecular formula is C21H18ClF3N2O4. The predicted molar refractivity (Wildman–Crippen MR) is 110 cm³/mol. The van der Waals surface area contributed by atoms with E-state index in [1.165, 1.54) is 29.2 Å². The van der Waals surface area contributed by atoms with Crippen molar-refractivity contribution in [2.45, 2.75) is 12.6 Å². The molecule has 0 aliphatic heterocycles. The van der Waals surface area contributed by atoms with Gasteiger partial charge in [-0.2, -0.15) is 13.2 Å². The summed E-state index contributed by atoms with van der Waals surface area (Å²) < 4.78 is 43.9. The van der Waals surface area contributed by atoms with E-state index in [2.05, 4.69) is 13.2 Å². The number of nitrogens with zero attached hydrogens (tertiary/aromatic N) is 2. The SMILES string of the molecule is C=CCN(CC=C)C(=O)Cc1cc(Oc2ccc(C(F)(F)F)cc2Cl)ccc1[N+](=O)[O-]. The number of halogens is 4. The third kappa shape index (κ3) is 6.32. The number of nitro groups is 1. The van der Waals surface area contributed by atoms with Crippen LogP contribution in [0.3, 0.4) is 0 Å². The summed E-state index contributed by atoms with van der Waals surface area (Å²) in [4.78, 5) is 24.7. The molecular weight excluding hydrogens is 437 g/mol. The second-order valence-electron chi connectivity index (χ2n) is 6.35. The molecule has 2 rings (SSSR count). The van der Waals surface area contributed by atoms with E-state index >= 15 is 0 Å². The van der Waals surface area contributed by atoms with Crippen molar-refractivity contribution in [3.8, 4) is 11.5 Å². The fraction of sp³-hybridized carbons (Fsp3) is 0.190. The monoisotopic (exact) mass is 454 g/mol. The summed E-state index contributed by atoms with van der Waals surface area (Å²) in [6.45, 7) is 7.60. The number of carbonyl (C=O) groups is 1. The molecule has 2 aromatic rings. The molecule has 0 aromatic heterocycles. The summed E-state index contributed by atoms with van der Waals surface area (Å²) in [5.74, 6) is -0.387. The first-order chi connectivity index (χ1) is 14.6. The smallest absolute Gasteiger partial charge is 0.416 e. The van der Waals surface area contributed by atoms with Gasteiger partial charge in [0.15, 0.2) is 0 Å². The fourth-order valence-electron chi connectivity index (χ4n) is 2.70. The van der Waals surface area contributed by atoms with E-state index < -0.39 is 22.6 Å². The Kier molecular flexibility index (Phi) is 7.82. The minimum absolute atomic E-state index is 0.0688. The van der Waals surface area contributed by atoms with Crippen molar-refractivity contribution < 1.29 is 27.6 Å². The number of rotatable bonds is 9. The van der Waals surface area contributed by atoms with Gasteiger partial charge in [-0.25, -0.2) is 0 Å². The molecule has 0 radical (unpaired) electrons. The number of hydrogen-bond donors (Lipinski definition) is 0. The predicted octanol–water partition coefficient (Wildman–Crippen LogP) is 5.80. The van der Waals surface area contributed by atoms with Gasteiger partial charge in [0.2, 0.25) is 5.91 Å². The molecule has 31 heavy (non-hydrogen) atoms. The van der Waals surface area contributed by atoms with Gasteiger partial charge in [0, 0.05) is 24.7 Å². The molecule has 0 saturated heterocycles. The minimum Gasteiger partial charge on any atom is -0.456 e. The van der Waals surface area contributed by atoms with Crippen molar-refractivity contribution in [1.29, 1.82) is 0 Å². The molecule has 6 nitrogen and oxygen atoms in total. The number of carbonyl (C=O) groups excluding carboxylic acids is 1. The Morgan fingerprint density at radius 2 is 1.81 bits per heavy atom. The Bertz CT molecular complexity index is 999. The Morgan fingerprint density at radius 3 is 2.32 bits per heavy atom. The molecule has 0 N–H and O–H groups in total. The summed E-state index contributed by atoms with van der Waals surface area (Å²) in [7, 11) is 0. The van der Waals surface area contributed by atoms with Crippen molar-refractivity contribution in [3.05, 3.63) is 88.0 Å². The van der Waals surface area contributed by atoms with Crippen molar-refractivity contribution in [2.24, 2.45) is 0 Å². The van der Waals surface area contributed by atoms with Gasteiger partial charge < -0.3 is 9.64 Å². The van der Waals surface area contributed by atoms with Gasteiger partial charge in [0.1, 0.15) is 11.5 Å². The summed E-state index contributed by atoms with van der Waals surface area (Å²) >= 11 is 5.89. The van der Waals surface area contributed by atoms with E-state index in [0.29, 0.717) is 0 Å². The highest BCUT2D eigenvalue weighted by atomic mass is 35.5. The molecule has 2 aromatic carbocycles. The molecule has 164 valence electrons. The van der Waals surface area contributed by atoms with Crippen LogP contribution in [-0.2, 0) is 17.4 Å². The zero-order valence-electron chi connectivity index (χ0n) is 16.2. The zero-order chi connectivity index (χ0) is 23.2. The van der Waals surface area contributed by atoms with Crippen molar-refractivity contribution in [1.82, 2.24) is 4.90 Å². The first-order valence-electron chi connectivity index (χ1n) is 8.88. The van der Waals surface area contributed by atoms with Crippen LogP contribution in [0.25, 0.3) is 0 Å². The van der Waals surface area contributed by atoms with Crippen molar-refractivity contribution in [3.63, 3.8) is 0 Å². The fourth-order valence-corrected chi connectivity index (χ4v) is 2.92. The molecule has 0 atom stereocenters. The Balaban J connectivity index is 2.33. The van der Waals surface area contributed by atoms with Crippen LogP contribution in [0.1, 0.15) is 11.1 Å². The van der Waals surface area contributed by atoms with Gasteiger partial charge in [-0.05, 0) is 30.3 Å². The summed E-state index contributed by atoms with van der Waals surface area (Å²) in [5.41, 5.74) is -1.16. The lowest BCUT2D eigenvalue weighted by atomic mass is 10.1. The summed E-state index contributed by atoms with van der Waals surface area (Å²) in [5, 5.41) is 11.1. The van der Waals surface area contributed by atoms with Crippen LogP contribution in [0.2, 0.25) is 5.02 Å². The van der Waals surface area contributed by atoms with Gasteiger partial charge in [-0.15, -0.1) is 13.2 Å². The van der Waals surface area contributed by atoms with E-state index in [4.69, 9.17) is 16.3 Å². The normalized spacial score (nSPS) is 11.0. The average molecular weight is 455 g/mol. The Labute approximate surface area is 181 Å². The van der Waals surface area contributed by atoms with Crippen LogP contribution < -0.4 is 4.74 Å². The molecule has 0 saturated carbocycles. The topological polar surface area (TPSA) is 72.7 Å². The maximum atomic E-state index is 12.8. The van der Waals surface area contributed by atoms with Crippen LogP contribution in [0.15, 0.2) is 61.7 Å². The molecule has 0 fully saturated rings. The Hall–Kier alpha value is -3.33. The Morgan fingerprint density at radius 1 is 1.16 bits per heavy atom. The van der Waals surface area contributed by atoms with Gasteiger partial charge in [0.05, 0.1) is 21.9 Å². The largest absolute Gasteiger partial charge is 0.456 e. The summed E-state index contributed by atoms with van der Waals surface area (Å²) in [6, 6.07) is 6.28.